The molecule has 0 aromatic carbocycles. The lowest BCUT2D eigenvalue weighted by molar-refractivity contribution is -0.272. The molecule has 4 aliphatic heterocycles. The van der Waals surface area contributed by atoms with Gasteiger partial charge in [-0.2, -0.15) is 0 Å². The van der Waals surface area contributed by atoms with E-state index in [1.807, 2.05) is 4.90 Å². The maximum atomic E-state index is 13.1. The van der Waals surface area contributed by atoms with Gasteiger partial charge in [-0.15, -0.1) is 0 Å². The van der Waals surface area contributed by atoms with Crippen molar-refractivity contribution in [3.05, 3.63) is 11.6 Å². The Morgan fingerprint density at radius 3 is 2.47 bits per heavy atom. The first-order valence-electron chi connectivity index (χ1n) is 19.9. The summed E-state index contributed by atoms with van der Waals surface area (Å²) in [6.07, 6.45) is 19.4. The number of rotatable bonds is 4. The first-order chi connectivity index (χ1) is 22.6. The average molecular weight is 650 g/mol. The Bertz CT molecular complexity index is 1230. The van der Waals surface area contributed by atoms with Crippen molar-refractivity contribution in [1.29, 1.82) is 0 Å². The second-order valence-corrected chi connectivity index (χ2v) is 18.2. The first kappa shape index (κ1) is 32.7. The standard InChI is InChI=1S/C40H63N3O4/c1-26-10-17-40(46-25-26)27(2)37-34(47-40)23-33-31-9-8-28-22-29(11-15-38(28,3)32(31)12-16-39(33,37)4)41-35(44)24-36(45)43-20-13-30(14-21-43)42-18-6-5-7-19-42/h8,26-27,29-34,37H,5-7,9-25H2,1-4H3,(H,41,44)/t26-,27+,29+,31-,32+,33+,34+,37+,38+,39+,40-/m1/s1. The van der Waals surface area contributed by atoms with Crippen LogP contribution in [-0.4, -0.2) is 78.4 Å². The number of nitrogens with one attached hydrogen (secondary N) is 1. The van der Waals surface area contributed by atoms with Crippen LogP contribution in [0.25, 0.3) is 0 Å². The molecule has 7 nitrogen and oxygen atoms in total. The Morgan fingerprint density at radius 1 is 0.936 bits per heavy atom. The van der Waals surface area contributed by atoms with E-state index in [4.69, 9.17) is 9.47 Å². The van der Waals surface area contributed by atoms with Crippen LogP contribution in [-0.2, 0) is 19.1 Å². The van der Waals surface area contributed by atoms with Crippen LogP contribution in [0.5, 0.6) is 0 Å². The van der Waals surface area contributed by atoms with Crippen molar-refractivity contribution in [2.24, 2.45) is 46.3 Å². The van der Waals surface area contributed by atoms with Gasteiger partial charge in [0.1, 0.15) is 6.42 Å². The van der Waals surface area contributed by atoms with Crippen LogP contribution in [0.1, 0.15) is 124 Å². The maximum absolute atomic E-state index is 13.1. The lowest BCUT2D eigenvalue weighted by atomic mass is 9.46. The van der Waals surface area contributed by atoms with Crippen molar-refractivity contribution in [1.82, 2.24) is 15.1 Å². The smallest absolute Gasteiger partial charge is 0.232 e. The summed E-state index contributed by atoms with van der Waals surface area (Å²) >= 11 is 0. The van der Waals surface area contributed by atoms with E-state index in [9.17, 15) is 9.59 Å². The fourth-order valence-corrected chi connectivity index (χ4v) is 13.1. The molecule has 1 N–H and O–H groups in total. The Morgan fingerprint density at radius 2 is 1.72 bits per heavy atom. The van der Waals surface area contributed by atoms with Crippen molar-refractivity contribution >= 4 is 11.8 Å². The Hall–Kier alpha value is -1.44. The van der Waals surface area contributed by atoms with Gasteiger partial charge in [0, 0.05) is 37.5 Å². The highest BCUT2D eigenvalue weighted by Gasteiger charge is 2.68. The molecule has 4 aliphatic carbocycles. The van der Waals surface area contributed by atoms with Gasteiger partial charge in [-0.3, -0.25) is 9.59 Å². The van der Waals surface area contributed by atoms with Gasteiger partial charge in [-0.25, -0.2) is 0 Å². The Kier molecular flexibility index (Phi) is 8.64. The second-order valence-electron chi connectivity index (χ2n) is 18.2. The summed E-state index contributed by atoms with van der Waals surface area (Å²) in [6.45, 7) is 14.8. The molecule has 8 rings (SSSR count). The third-order valence-electron chi connectivity index (χ3n) is 15.8. The van der Waals surface area contributed by atoms with Crippen molar-refractivity contribution in [2.45, 2.75) is 148 Å². The minimum absolute atomic E-state index is 0.000334. The number of fused-ring (bicyclic) bond motifs is 7. The van der Waals surface area contributed by atoms with Gasteiger partial charge in [0.2, 0.25) is 11.8 Å². The summed E-state index contributed by atoms with van der Waals surface area (Å²) in [5.41, 5.74) is 2.15. The van der Waals surface area contributed by atoms with Crippen molar-refractivity contribution in [3.63, 3.8) is 0 Å². The molecule has 3 saturated carbocycles. The van der Waals surface area contributed by atoms with Gasteiger partial charge >= 0.3 is 0 Å². The maximum Gasteiger partial charge on any atom is 0.232 e. The fraction of sp³-hybridized carbons (Fsp3) is 0.900. The highest BCUT2D eigenvalue weighted by molar-refractivity contribution is 5.97. The molecule has 7 fully saturated rings. The van der Waals surface area contributed by atoms with E-state index in [-0.39, 0.29) is 35.5 Å². The molecule has 0 bridgehead atoms. The number of allylic oxidation sites excluding steroid dienone is 1. The van der Waals surface area contributed by atoms with Gasteiger partial charge < -0.3 is 24.6 Å². The summed E-state index contributed by atoms with van der Waals surface area (Å²) in [6, 6.07) is 0.767. The van der Waals surface area contributed by atoms with Gasteiger partial charge in [0.25, 0.3) is 0 Å². The van der Waals surface area contributed by atoms with Crippen LogP contribution in [0.2, 0.25) is 0 Å². The number of nitrogens with zero attached hydrogens (tertiary/aromatic N) is 2. The van der Waals surface area contributed by atoms with E-state index in [1.165, 1.54) is 64.5 Å². The Labute approximate surface area is 284 Å². The molecule has 4 heterocycles. The van der Waals surface area contributed by atoms with Gasteiger partial charge in [0.05, 0.1) is 12.7 Å². The van der Waals surface area contributed by atoms with Crippen LogP contribution in [0, 0.1) is 46.3 Å². The molecule has 7 heteroatoms. The molecular weight excluding hydrogens is 586 g/mol. The number of hydrogen-bond acceptors (Lipinski definition) is 5. The summed E-state index contributed by atoms with van der Waals surface area (Å²) in [5.74, 6) is 3.49. The fourth-order valence-electron chi connectivity index (χ4n) is 13.1. The topological polar surface area (TPSA) is 71.1 Å². The lowest BCUT2D eigenvalue weighted by Gasteiger charge is -2.58. The summed E-state index contributed by atoms with van der Waals surface area (Å²) in [4.78, 5) is 30.8. The number of likely N-dealkylation sites (tertiary alicyclic amines) is 2. The zero-order chi connectivity index (χ0) is 32.6. The van der Waals surface area contributed by atoms with E-state index in [1.54, 1.807) is 5.57 Å². The number of amides is 2. The molecule has 262 valence electrons. The monoisotopic (exact) mass is 649 g/mol. The largest absolute Gasteiger partial charge is 0.353 e. The van der Waals surface area contributed by atoms with Crippen molar-refractivity contribution < 1.29 is 19.1 Å². The van der Waals surface area contributed by atoms with Gasteiger partial charge in [-0.1, -0.05) is 45.8 Å². The Balaban J connectivity index is 0.860. The number of carbonyl (C=O) groups is 2. The third-order valence-corrected chi connectivity index (χ3v) is 15.8. The molecule has 2 amide bonds. The number of carbonyl (C=O) groups excluding carboxylic acids is 2. The molecule has 1 spiro atoms. The number of piperidine rings is 2. The SMILES string of the molecule is C[C@@H]1CC[C@@]2(OC1)O[C@H]1C[C@H]3[C@@H]4CC=C5C[C@@H](NC(=O)CC(=O)N6CCC(N7CCCCC7)CC6)CC[C@]5(C)[C@H]4CC[C@]3(C)[C@H]1[C@@H]2C. The van der Waals surface area contributed by atoms with Crippen LogP contribution in [0.4, 0.5) is 0 Å². The molecule has 0 aromatic rings. The predicted octanol–water partition coefficient (Wildman–Crippen LogP) is 6.70. The molecule has 8 aliphatic rings. The van der Waals surface area contributed by atoms with Crippen LogP contribution >= 0.6 is 0 Å². The molecule has 4 saturated heterocycles. The summed E-state index contributed by atoms with van der Waals surface area (Å²) in [5, 5.41) is 3.31. The molecule has 0 unspecified atom stereocenters. The van der Waals surface area contributed by atoms with E-state index in [0.29, 0.717) is 35.3 Å². The van der Waals surface area contributed by atoms with Crippen LogP contribution in [0.3, 0.4) is 0 Å². The minimum Gasteiger partial charge on any atom is -0.353 e. The normalized spacial score (nSPS) is 47.1. The summed E-state index contributed by atoms with van der Waals surface area (Å²) < 4.78 is 13.5. The molecule has 0 radical (unpaired) electrons. The quantitative estimate of drug-likeness (QED) is 0.271. The average Bonchev–Trinajstić information content (AvgIpc) is 3.52. The van der Waals surface area contributed by atoms with Crippen LogP contribution in [0.15, 0.2) is 11.6 Å². The van der Waals surface area contributed by atoms with Crippen LogP contribution < -0.4 is 5.32 Å². The minimum atomic E-state index is -0.338. The number of hydrogen-bond donors (Lipinski definition) is 1. The molecular formula is C40H63N3O4. The highest BCUT2D eigenvalue weighted by atomic mass is 16.7. The zero-order valence-electron chi connectivity index (χ0n) is 29.9. The van der Waals surface area contributed by atoms with E-state index in [2.05, 4.69) is 44.0 Å². The predicted molar refractivity (Wildman–Crippen MR) is 183 cm³/mol. The third kappa shape index (κ3) is 5.55. The molecule has 0 aromatic heterocycles. The highest BCUT2D eigenvalue weighted by Crippen LogP contribution is 2.70. The second kappa shape index (κ2) is 12.4. The first-order valence-corrected chi connectivity index (χ1v) is 19.9. The lowest BCUT2D eigenvalue weighted by Crippen LogP contribution is -2.53. The van der Waals surface area contributed by atoms with Gasteiger partial charge in [-0.05, 0) is 131 Å². The zero-order valence-corrected chi connectivity index (χ0v) is 29.9. The summed E-state index contributed by atoms with van der Waals surface area (Å²) in [7, 11) is 0. The number of ether oxygens (including phenoxy) is 2. The molecule has 11 atom stereocenters. The molecule has 47 heavy (non-hydrogen) atoms. The van der Waals surface area contributed by atoms with E-state index < -0.39 is 0 Å². The van der Waals surface area contributed by atoms with Gasteiger partial charge in [0.15, 0.2) is 5.79 Å². The van der Waals surface area contributed by atoms with E-state index in [0.717, 1.165) is 76.0 Å². The van der Waals surface area contributed by atoms with E-state index >= 15 is 0 Å². The van der Waals surface area contributed by atoms with Crippen molar-refractivity contribution in [2.75, 3.05) is 32.8 Å². The van der Waals surface area contributed by atoms with Crippen molar-refractivity contribution in [3.8, 4) is 0 Å².